The Morgan fingerprint density at radius 2 is 2.05 bits per heavy atom. The summed E-state index contributed by atoms with van der Waals surface area (Å²) in [5.74, 6) is 0.894. The van der Waals surface area contributed by atoms with Crippen LogP contribution in [-0.4, -0.2) is 14.7 Å². The summed E-state index contributed by atoms with van der Waals surface area (Å²) in [5, 5.41) is 4.73. The van der Waals surface area contributed by atoms with Gasteiger partial charge in [-0.15, -0.1) is 0 Å². The van der Waals surface area contributed by atoms with Crippen LogP contribution in [0.4, 0.5) is 0 Å². The Labute approximate surface area is 113 Å². The van der Waals surface area contributed by atoms with Crippen molar-refractivity contribution in [1.29, 1.82) is 0 Å². The van der Waals surface area contributed by atoms with Gasteiger partial charge in [-0.05, 0) is 32.0 Å². The first kappa shape index (κ1) is 11.9. The van der Waals surface area contributed by atoms with Gasteiger partial charge >= 0.3 is 0 Å². The van der Waals surface area contributed by atoms with Crippen molar-refractivity contribution in [2.75, 3.05) is 0 Å². The molecule has 0 aliphatic heterocycles. The lowest BCUT2D eigenvalue weighted by Crippen LogP contribution is -2.21. The van der Waals surface area contributed by atoms with Crippen molar-refractivity contribution >= 4 is 22.5 Å². The van der Waals surface area contributed by atoms with E-state index in [0.29, 0.717) is 33.3 Å². The van der Waals surface area contributed by atoms with E-state index in [4.69, 9.17) is 16.1 Å². The van der Waals surface area contributed by atoms with Crippen molar-refractivity contribution in [3.8, 4) is 5.88 Å². The molecule has 0 spiro atoms. The largest absolute Gasteiger partial charge is 0.338 e. The molecule has 0 aliphatic carbocycles. The summed E-state index contributed by atoms with van der Waals surface area (Å²) in [7, 11) is 0. The molecule has 2 heterocycles. The SMILES string of the molecule is Cc1cc(-n2c(C)nc3ccc(Cl)cc3c2=O)on1. The van der Waals surface area contributed by atoms with Gasteiger partial charge < -0.3 is 4.52 Å². The number of benzene rings is 1. The van der Waals surface area contributed by atoms with Crippen LogP contribution in [0.1, 0.15) is 11.5 Å². The lowest BCUT2D eigenvalue weighted by Gasteiger charge is -2.07. The van der Waals surface area contributed by atoms with E-state index >= 15 is 0 Å². The average molecular weight is 276 g/mol. The lowest BCUT2D eigenvalue weighted by molar-refractivity contribution is 0.397. The minimum absolute atomic E-state index is 0.221. The maximum Gasteiger partial charge on any atom is 0.268 e. The molecule has 5 nitrogen and oxygen atoms in total. The molecule has 0 amide bonds. The summed E-state index contributed by atoms with van der Waals surface area (Å²) in [4.78, 5) is 16.9. The van der Waals surface area contributed by atoms with Gasteiger partial charge in [0.1, 0.15) is 5.82 Å². The van der Waals surface area contributed by atoms with Crippen LogP contribution >= 0.6 is 11.6 Å². The van der Waals surface area contributed by atoms with Gasteiger partial charge in [-0.2, -0.15) is 0 Å². The fourth-order valence-electron chi connectivity index (χ4n) is 1.98. The van der Waals surface area contributed by atoms with Crippen LogP contribution in [0.15, 0.2) is 33.6 Å². The Balaban J connectivity index is 2.40. The van der Waals surface area contributed by atoms with Crippen LogP contribution in [0, 0.1) is 13.8 Å². The Morgan fingerprint density at radius 1 is 1.26 bits per heavy atom. The Morgan fingerprint density at radius 3 is 2.74 bits per heavy atom. The number of rotatable bonds is 1. The number of hydrogen-bond acceptors (Lipinski definition) is 4. The van der Waals surface area contributed by atoms with Crippen molar-refractivity contribution in [3.63, 3.8) is 0 Å². The van der Waals surface area contributed by atoms with Gasteiger partial charge in [-0.25, -0.2) is 9.55 Å². The normalized spacial score (nSPS) is 11.1. The van der Waals surface area contributed by atoms with Crippen LogP contribution in [0.5, 0.6) is 0 Å². The third-order valence-corrected chi connectivity index (χ3v) is 3.07. The third kappa shape index (κ3) is 1.92. The van der Waals surface area contributed by atoms with Crippen molar-refractivity contribution in [3.05, 3.63) is 51.2 Å². The van der Waals surface area contributed by atoms with Gasteiger partial charge in [0.25, 0.3) is 5.56 Å². The summed E-state index contributed by atoms with van der Waals surface area (Å²) >= 11 is 5.92. The van der Waals surface area contributed by atoms with Gasteiger partial charge in [0, 0.05) is 11.1 Å². The second kappa shape index (κ2) is 4.20. The Bertz CT molecular complexity index is 836. The molecule has 0 aliphatic rings. The molecule has 0 fully saturated rings. The first-order valence-corrected chi connectivity index (χ1v) is 6.06. The molecule has 96 valence electrons. The van der Waals surface area contributed by atoms with Gasteiger partial charge in [-0.1, -0.05) is 16.8 Å². The van der Waals surface area contributed by atoms with Crippen LogP contribution in [0.2, 0.25) is 5.02 Å². The van der Waals surface area contributed by atoms with Crippen LogP contribution in [0.25, 0.3) is 16.8 Å². The van der Waals surface area contributed by atoms with Crippen LogP contribution in [0.3, 0.4) is 0 Å². The van der Waals surface area contributed by atoms with Crippen molar-refractivity contribution in [2.45, 2.75) is 13.8 Å². The van der Waals surface area contributed by atoms with Gasteiger partial charge in [0.15, 0.2) is 0 Å². The molecule has 0 unspecified atom stereocenters. The van der Waals surface area contributed by atoms with E-state index in [9.17, 15) is 4.79 Å². The first-order chi connectivity index (χ1) is 9.06. The predicted molar refractivity (Wildman–Crippen MR) is 71.9 cm³/mol. The summed E-state index contributed by atoms with van der Waals surface area (Å²) in [6, 6.07) is 6.72. The smallest absolute Gasteiger partial charge is 0.268 e. The fourth-order valence-corrected chi connectivity index (χ4v) is 2.16. The molecule has 1 aromatic carbocycles. The first-order valence-electron chi connectivity index (χ1n) is 5.69. The molecule has 3 rings (SSSR count). The van der Waals surface area contributed by atoms with E-state index in [2.05, 4.69) is 10.1 Å². The van der Waals surface area contributed by atoms with E-state index in [1.165, 1.54) is 4.57 Å². The number of halogens is 1. The average Bonchev–Trinajstić information content (AvgIpc) is 2.77. The highest BCUT2D eigenvalue weighted by atomic mass is 35.5. The highest BCUT2D eigenvalue weighted by Gasteiger charge is 2.13. The zero-order valence-electron chi connectivity index (χ0n) is 10.3. The Hall–Kier alpha value is -2.14. The summed E-state index contributed by atoms with van der Waals surface area (Å²) in [6.45, 7) is 3.53. The number of fused-ring (bicyclic) bond motifs is 1. The maximum atomic E-state index is 12.5. The summed E-state index contributed by atoms with van der Waals surface area (Å²) < 4.78 is 6.52. The molecule has 6 heteroatoms. The third-order valence-electron chi connectivity index (χ3n) is 2.83. The van der Waals surface area contributed by atoms with Crippen molar-refractivity contribution in [2.24, 2.45) is 0 Å². The summed E-state index contributed by atoms with van der Waals surface area (Å²) in [5.41, 5.74) is 1.09. The van der Waals surface area contributed by atoms with Gasteiger partial charge in [-0.3, -0.25) is 4.79 Å². The van der Waals surface area contributed by atoms with E-state index in [1.807, 2.05) is 0 Å². The minimum Gasteiger partial charge on any atom is -0.338 e. The minimum atomic E-state index is -0.221. The number of aryl methyl sites for hydroxylation is 2. The highest BCUT2D eigenvalue weighted by molar-refractivity contribution is 6.31. The molecule has 3 aromatic rings. The van der Waals surface area contributed by atoms with E-state index in [-0.39, 0.29) is 5.56 Å². The molecule has 0 atom stereocenters. The van der Waals surface area contributed by atoms with Crippen molar-refractivity contribution < 1.29 is 4.52 Å². The number of nitrogens with zero attached hydrogens (tertiary/aromatic N) is 3. The number of aromatic nitrogens is 3. The molecular formula is C13H10ClN3O2. The van der Waals surface area contributed by atoms with Crippen LogP contribution < -0.4 is 5.56 Å². The molecule has 0 N–H and O–H groups in total. The highest BCUT2D eigenvalue weighted by Crippen LogP contribution is 2.17. The predicted octanol–water partition coefficient (Wildman–Crippen LogP) is 2.64. The zero-order chi connectivity index (χ0) is 13.6. The quantitative estimate of drug-likeness (QED) is 0.685. The van der Waals surface area contributed by atoms with Gasteiger partial charge in [0.05, 0.1) is 16.6 Å². The lowest BCUT2D eigenvalue weighted by atomic mass is 10.2. The zero-order valence-corrected chi connectivity index (χ0v) is 11.1. The molecule has 0 saturated heterocycles. The molecule has 0 radical (unpaired) electrons. The fraction of sp³-hybridized carbons (Fsp3) is 0.154. The number of hydrogen-bond donors (Lipinski definition) is 0. The summed E-state index contributed by atoms with van der Waals surface area (Å²) in [6.07, 6.45) is 0. The molecule has 19 heavy (non-hydrogen) atoms. The van der Waals surface area contributed by atoms with Gasteiger partial charge in [0.2, 0.25) is 5.88 Å². The topological polar surface area (TPSA) is 60.9 Å². The maximum absolute atomic E-state index is 12.5. The van der Waals surface area contributed by atoms with E-state index in [1.54, 1.807) is 38.1 Å². The second-order valence-electron chi connectivity index (χ2n) is 4.27. The van der Waals surface area contributed by atoms with Crippen molar-refractivity contribution in [1.82, 2.24) is 14.7 Å². The molecule has 0 saturated carbocycles. The Kier molecular flexibility index (Phi) is 2.64. The monoisotopic (exact) mass is 275 g/mol. The van der Waals surface area contributed by atoms with Crippen LogP contribution in [-0.2, 0) is 0 Å². The molecule has 2 aromatic heterocycles. The standard InChI is InChI=1S/C13H10ClN3O2/c1-7-5-12(19-16-7)17-8(2)15-11-4-3-9(14)6-10(11)13(17)18/h3-6H,1-2H3. The second-order valence-corrected chi connectivity index (χ2v) is 4.70. The molecule has 0 bridgehead atoms. The molecular weight excluding hydrogens is 266 g/mol. The van der Waals surface area contributed by atoms with E-state index < -0.39 is 0 Å². The van der Waals surface area contributed by atoms with E-state index in [0.717, 1.165) is 0 Å².